The highest BCUT2D eigenvalue weighted by molar-refractivity contribution is 5.96. The Morgan fingerprint density at radius 1 is 0.818 bits per heavy atom. The van der Waals surface area contributed by atoms with Gasteiger partial charge in [-0.15, -0.1) is 0 Å². The lowest BCUT2D eigenvalue weighted by Crippen LogP contribution is -2.60. The number of nitrogens with one attached hydrogen (secondary N) is 6. The molecule has 0 aliphatic rings. The van der Waals surface area contributed by atoms with Gasteiger partial charge < -0.3 is 62.2 Å². The third kappa shape index (κ3) is 17.2. The number of nitrogens with two attached hydrogens (primary N) is 1. The Kier molecular flexibility index (Phi) is 21.8. The van der Waals surface area contributed by atoms with Crippen LogP contribution in [0.25, 0.3) is 0 Å². The van der Waals surface area contributed by atoms with Crippen molar-refractivity contribution >= 4 is 58.9 Å². The number of phenolic OH excluding ortho intramolecular Hbond substituents is 1. The highest BCUT2D eigenvalue weighted by Gasteiger charge is 2.35. The molecule has 2 aromatic carbocycles. The van der Waals surface area contributed by atoms with Crippen LogP contribution in [0.5, 0.6) is 17.2 Å². The van der Waals surface area contributed by atoms with Crippen molar-refractivity contribution in [2.24, 2.45) is 11.7 Å². The van der Waals surface area contributed by atoms with Gasteiger partial charge >= 0.3 is 5.97 Å². The summed E-state index contributed by atoms with van der Waals surface area (Å²) in [4.78, 5) is 128. The Balaban J connectivity index is 2.41. The average molecular weight is 930 g/mol. The van der Waals surface area contributed by atoms with E-state index in [9.17, 15) is 63.5 Å². The van der Waals surface area contributed by atoms with Crippen LogP contribution in [0, 0.1) is 16.0 Å². The van der Waals surface area contributed by atoms with Gasteiger partial charge in [-0.3, -0.25) is 53.3 Å². The van der Waals surface area contributed by atoms with Gasteiger partial charge in [0.25, 0.3) is 5.69 Å². The van der Waals surface area contributed by atoms with Crippen molar-refractivity contribution in [3.05, 3.63) is 57.6 Å². The van der Waals surface area contributed by atoms with Crippen LogP contribution < -0.4 is 47.1 Å². The summed E-state index contributed by atoms with van der Waals surface area (Å²) in [6.45, 7) is 5.61. The molecule has 362 valence electrons. The first kappa shape index (κ1) is 54.6. The zero-order chi connectivity index (χ0) is 49.8. The van der Waals surface area contributed by atoms with Crippen molar-refractivity contribution in [3.8, 4) is 17.2 Å². The van der Waals surface area contributed by atoms with Crippen LogP contribution in [-0.4, -0.2) is 131 Å². The standard InChI is InChI=1S/C42H59N9O15/c1-8-22(2)37(42(62)48-30(15-16-44-24(4)52)39(59)46-23(3)38(43)58)49-40(60)29(13-14-36(56)57)47-35(55)20-45-41(61)32(17-26-9-11-28(54)12-10-26)50(25(5)53)21-27-18-33(65-6)34(66-7)19-31(27)51(63)64/h9-12,18-19,22-23,29-30,32,37,54H,8,13-17,20-21H2,1-7H3,(H2,43,58)(H,44,52)(H,45,61)(H,46,59)(H,47,55)(H,48,62)(H,49,60)(H,56,57)/t22-,23-,29-,30-,32-,37-/m0/s1. The molecule has 0 aliphatic carbocycles. The second-order valence-electron chi connectivity index (χ2n) is 15.2. The summed E-state index contributed by atoms with van der Waals surface area (Å²) in [5.41, 5.74) is 5.22. The van der Waals surface area contributed by atoms with E-state index in [4.69, 9.17) is 15.2 Å². The van der Waals surface area contributed by atoms with Crippen LogP contribution in [0.3, 0.4) is 0 Å². The number of primary amides is 1. The average Bonchev–Trinajstić information content (AvgIpc) is 3.26. The van der Waals surface area contributed by atoms with Crippen LogP contribution >= 0.6 is 0 Å². The predicted molar refractivity (Wildman–Crippen MR) is 233 cm³/mol. The number of nitro benzene ring substituents is 1. The molecule has 24 nitrogen and oxygen atoms in total. The number of hydrogen-bond donors (Lipinski definition) is 9. The lowest BCUT2D eigenvalue weighted by Gasteiger charge is -2.30. The van der Waals surface area contributed by atoms with Crippen molar-refractivity contribution in [2.75, 3.05) is 27.3 Å². The number of aliphatic carboxylic acids is 1. The maximum absolute atomic E-state index is 14.0. The van der Waals surface area contributed by atoms with Gasteiger partial charge in [-0.2, -0.15) is 0 Å². The first-order valence-corrected chi connectivity index (χ1v) is 20.7. The van der Waals surface area contributed by atoms with Gasteiger partial charge in [-0.25, -0.2) is 0 Å². The number of aromatic hydroxyl groups is 1. The molecule has 66 heavy (non-hydrogen) atoms. The first-order valence-electron chi connectivity index (χ1n) is 20.7. The molecule has 0 unspecified atom stereocenters. The van der Waals surface area contributed by atoms with Crippen molar-refractivity contribution in [3.63, 3.8) is 0 Å². The van der Waals surface area contributed by atoms with Gasteiger partial charge in [-0.05, 0) is 49.4 Å². The number of carboxylic acid groups (broad SMARTS) is 1. The molecule has 0 saturated heterocycles. The molecule has 8 amide bonds. The minimum atomic E-state index is -1.59. The molecular formula is C42H59N9O15. The molecule has 0 saturated carbocycles. The predicted octanol–water partition coefficient (Wildman–Crippen LogP) is -0.725. The summed E-state index contributed by atoms with van der Waals surface area (Å²) in [7, 11) is 2.57. The lowest BCUT2D eigenvalue weighted by atomic mass is 9.97. The molecule has 2 aromatic rings. The Hall–Kier alpha value is -7.53. The summed E-state index contributed by atoms with van der Waals surface area (Å²) in [6, 6.07) is 1.16. The number of benzene rings is 2. The molecule has 0 fully saturated rings. The number of ether oxygens (including phenoxy) is 2. The van der Waals surface area contributed by atoms with E-state index in [0.29, 0.717) is 12.0 Å². The summed E-state index contributed by atoms with van der Waals surface area (Å²) >= 11 is 0. The second-order valence-corrected chi connectivity index (χ2v) is 15.2. The largest absolute Gasteiger partial charge is 0.508 e. The Morgan fingerprint density at radius 3 is 1.94 bits per heavy atom. The van der Waals surface area contributed by atoms with E-state index in [1.807, 2.05) is 0 Å². The van der Waals surface area contributed by atoms with Gasteiger partial charge in [-0.1, -0.05) is 32.4 Å². The maximum Gasteiger partial charge on any atom is 0.303 e. The van der Waals surface area contributed by atoms with E-state index in [2.05, 4.69) is 31.9 Å². The molecule has 0 bridgehead atoms. The van der Waals surface area contributed by atoms with Crippen LogP contribution in [0.2, 0.25) is 0 Å². The van der Waals surface area contributed by atoms with E-state index in [0.717, 1.165) is 17.9 Å². The minimum absolute atomic E-state index is 0.0297. The lowest BCUT2D eigenvalue weighted by molar-refractivity contribution is -0.385. The van der Waals surface area contributed by atoms with Gasteiger partial charge in [0.05, 0.1) is 43.9 Å². The van der Waals surface area contributed by atoms with Crippen molar-refractivity contribution in [1.82, 2.24) is 36.8 Å². The van der Waals surface area contributed by atoms with Crippen LogP contribution in [0.4, 0.5) is 5.69 Å². The molecule has 24 heteroatoms. The number of nitro groups is 1. The normalized spacial score (nSPS) is 13.4. The third-order valence-electron chi connectivity index (χ3n) is 10.3. The Morgan fingerprint density at radius 2 is 1.41 bits per heavy atom. The van der Waals surface area contributed by atoms with E-state index in [-0.39, 0.29) is 42.2 Å². The number of nitrogens with zero attached hydrogens (tertiary/aromatic N) is 2. The van der Waals surface area contributed by atoms with Gasteiger partial charge in [0, 0.05) is 33.2 Å². The quantitative estimate of drug-likeness (QED) is 0.0394. The Labute approximate surface area is 380 Å². The molecule has 10 N–H and O–H groups in total. The molecular weight excluding hydrogens is 871 g/mol. The summed E-state index contributed by atoms with van der Waals surface area (Å²) < 4.78 is 10.5. The smallest absolute Gasteiger partial charge is 0.303 e. The van der Waals surface area contributed by atoms with Gasteiger partial charge in [0.2, 0.25) is 47.3 Å². The molecule has 0 spiro atoms. The zero-order valence-electron chi connectivity index (χ0n) is 37.8. The zero-order valence-corrected chi connectivity index (χ0v) is 37.8. The van der Waals surface area contributed by atoms with E-state index < -0.39 is 126 Å². The van der Waals surface area contributed by atoms with Crippen molar-refractivity contribution in [2.45, 2.75) is 103 Å². The highest BCUT2D eigenvalue weighted by atomic mass is 16.6. The number of carbonyl (C=O) groups is 9. The van der Waals surface area contributed by atoms with Crippen molar-refractivity contribution < 1.29 is 67.8 Å². The fraction of sp³-hybridized carbons (Fsp3) is 0.500. The van der Waals surface area contributed by atoms with Gasteiger partial charge in [0.1, 0.15) is 36.0 Å². The fourth-order valence-corrected chi connectivity index (χ4v) is 6.36. The summed E-state index contributed by atoms with van der Waals surface area (Å²) in [5, 5.41) is 46.1. The molecule has 0 radical (unpaired) electrons. The number of carbonyl (C=O) groups excluding carboxylic acids is 8. The van der Waals surface area contributed by atoms with Crippen LogP contribution in [0.15, 0.2) is 36.4 Å². The monoisotopic (exact) mass is 929 g/mol. The number of carboxylic acids is 1. The topological polar surface area (TPSA) is 357 Å². The molecule has 2 rings (SSSR count). The Bertz CT molecular complexity index is 2100. The van der Waals surface area contributed by atoms with Crippen LogP contribution in [0.1, 0.15) is 71.4 Å². The molecule has 6 atom stereocenters. The molecule has 0 heterocycles. The van der Waals surface area contributed by atoms with Crippen molar-refractivity contribution in [1.29, 1.82) is 0 Å². The third-order valence-corrected chi connectivity index (χ3v) is 10.3. The van der Waals surface area contributed by atoms with E-state index in [1.165, 1.54) is 58.4 Å². The van der Waals surface area contributed by atoms with Crippen LogP contribution in [-0.2, 0) is 56.1 Å². The van der Waals surface area contributed by atoms with E-state index >= 15 is 0 Å². The number of methoxy groups -OCH3 is 2. The fourth-order valence-electron chi connectivity index (χ4n) is 6.36. The number of hydrogen-bond acceptors (Lipinski definition) is 14. The number of rotatable bonds is 27. The summed E-state index contributed by atoms with van der Waals surface area (Å²) in [5.74, 6) is -8.49. The first-order chi connectivity index (χ1) is 31.0. The minimum Gasteiger partial charge on any atom is -0.508 e. The molecule has 0 aromatic heterocycles. The highest BCUT2D eigenvalue weighted by Crippen LogP contribution is 2.35. The SMILES string of the molecule is CC[C@H](C)[C@H](NC(=O)[C@H](CCC(=O)O)NC(=O)CNC(=O)[C@H](Cc1ccc(O)cc1)N(Cc1cc(OC)c(OC)cc1[N+](=O)[O-])C(C)=O)C(=O)N[C@@H](CCNC(C)=O)C(=O)N[C@@H](C)C(N)=O. The molecule has 0 aliphatic heterocycles. The second kappa shape index (κ2) is 26.3. The maximum atomic E-state index is 14.0. The van der Waals surface area contributed by atoms with E-state index in [1.54, 1.807) is 13.8 Å². The summed E-state index contributed by atoms with van der Waals surface area (Å²) in [6.07, 6.45) is -1.15. The number of amides is 8. The number of phenols is 1. The van der Waals surface area contributed by atoms with Gasteiger partial charge in [0.15, 0.2) is 11.5 Å².